The van der Waals surface area contributed by atoms with Gasteiger partial charge in [-0.15, -0.1) is 6.42 Å². The largest absolute Gasteiger partial charge is 0.549 e. The molecule has 1 aromatic rings. The van der Waals surface area contributed by atoms with Crippen LogP contribution < -0.4 is 0 Å². The number of rotatable bonds is 2. The molecule has 21 heavy (non-hydrogen) atoms. The summed E-state index contributed by atoms with van der Waals surface area (Å²) in [6.07, 6.45) is 1.93. The topological polar surface area (TPSA) is 34.0 Å². The van der Waals surface area contributed by atoms with Gasteiger partial charge in [-0.3, -0.25) is 9.98 Å². The van der Waals surface area contributed by atoms with Gasteiger partial charge in [0.05, 0.1) is 5.69 Å². The van der Waals surface area contributed by atoms with E-state index in [-0.39, 0.29) is 53.0 Å². The minimum atomic E-state index is 0. The van der Waals surface area contributed by atoms with Crippen LogP contribution in [0.15, 0.2) is 34.3 Å². The second-order valence-corrected chi connectivity index (χ2v) is 4.53. The maximum Gasteiger partial charge on any atom is 0.0718 e. The Kier molecular flexibility index (Phi) is 11.6. The molecule has 0 amide bonds. The quantitative estimate of drug-likeness (QED) is 0.484. The summed E-state index contributed by atoms with van der Waals surface area (Å²) in [4.78, 5) is 9.00. The molecule has 1 aliphatic rings. The van der Waals surface area contributed by atoms with Gasteiger partial charge in [0, 0.05) is 77.8 Å². The van der Waals surface area contributed by atoms with E-state index in [0.29, 0.717) is 0 Å². The second-order valence-electron chi connectivity index (χ2n) is 4.53. The van der Waals surface area contributed by atoms with Gasteiger partial charge in [-0.25, -0.2) is 6.61 Å². The first-order chi connectivity index (χ1) is 9.70. The Hall–Kier alpha value is 0.0395. The summed E-state index contributed by atoms with van der Waals surface area (Å²) in [7, 11) is 1.81. The monoisotopic (exact) mass is 447 g/mol. The first kappa shape index (κ1) is 21.0. The molecular weight excluding hydrogens is 421 g/mol. The van der Waals surface area contributed by atoms with E-state index in [1.807, 2.05) is 52.6 Å². The molecule has 1 aromatic carbocycles. The molecule has 0 spiro atoms. The zero-order valence-corrected chi connectivity index (χ0v) is 15.2. The molecule has 0 radical (unpaired) electrons. The molecule has 124 valence electrons. The van der Waals surface area contributed by atoms with E-state index in [4.69, 9.17) is 9.73 Å². The van der Waals surface area contributed by atoms with Gasteiger partial charge in [-0.1, -0.05) is 32.0 Å². The van der Waals surface area contributed by atoms with Crippen LogP contribution in [0.3, 0.4) is 0 Å². The first-order valence-corrected chi connectivity index (χ1v) is 7.27. The number of hydrogen-bond acceptors (Lipinski definition) is 3. The Morgan fingerprint density at radius 3 is 2.57 bits per heavy atom. The number of ether oxygens (including phenoxy) is 1. The summed E-state index contributed by atoms with van der Waals surface area (Å²) in [5.41, 5.74) is 4.29. The van der Waals surface area contributed by atoms with Crippen molar-refractivity contribution in [2.45, 2.75) is 46.6 Å². The smallest absolute Gasteiger partial charge is 0.0718 e. The fraction of sp³-hybridized carbons (Fsp3) is 0.471. The average Bonchev–Trinajstić information content (AvgIpc) is 2.49. The number of aliphatic imine (C=N–C) groups is 2. The zero-order chi connectivity index (χ0) is 15.0. The first-order valence-electron chi connectivity index (χ1n) is 7.27. The molecule has 0 aliphatic carbocycles. The van der Waals surface area contributed by atoms with Gasteiger partial charge < -0.3 is 4.74 Å². The SMILES string of the molecule is CC.CN=C(C)c1ccccc1N=C1C[CH-]OC(C)C1.[Yb]. The van der Waals surface area contributed by atoms with Crippen LogP contribution in [0.2, 0.25) is 0 Å². The molecule has 1 fully saturated rings. The maximum atomic E-state index is 5.42. The summed E-state index contributed by atoms with van der Waals surface area (Å²) >= 11 is 0. The van der Waals surface area contributed by atoms with Crippen LogP contribution in [0.5, 0.6) is 0 Å². The van der Waals surface area contributed by atoms with E-state index >= 15 is 0 Å². The number of nitrogens with zero attached hydrogens (tertiary/aromatic N) is 2. The third-order valence-electron chi connectivity index (χ3n) is 3.08. The van der Waals surface area contributed by atoms with Gasteiger partial charge in [0.25, 0.3) is 0 Å². The van der Waals surface area contributed by atoms with Crippen molar-refractivity contribution in [2.75, 3.05) is 7.05 Å². The third kappa shape index (κ3) is 6.77. The minimum absolute atomic E-state index is 0. The summed E-state index contributed by atoms with van der Waals surface area (Å²) < 4.78 is 5.42. The van der Waals surface area contributed by atoms with Crippen LogP contribution in [0.4, 0.5) is 5.69 Å². The van der Waals surface area contributed by atoms with Crippen molar-refractivity contribution in [3.8, 4) is 0 Å². The van der Waals surface area contributed by atoms with Gasteiger partial charge in [0.1, 0.15) is 0 Å². The van der Waals surface area contributed by atoms with E-state index in [1.165, 1.54) is 5.71 Å². The maximum absolute atomic E-state index is 5.42. The van der Waals surface area contributed by atoms with Crippen LogP contribution in [0.1, 0.15) is 46.1 Å². The summed E-state index contributed by atoms with van der Waals surface area (Å²) in [5.74, 6) is 0. The van der Waals surface area contributed by atoms with Crippen molar-refractivity contribution in [1.82, 2.24) is 0 Å². The molecular formula is C17H25N2OYb-. The molecule has 3 nitrogen and oxygen atoms in total. The van der Waals surface area contributed by atoms with Gasteiger partial charge in [0.2, 0.25) is 0 Å². The Labute approximate surface area is 167 Å². The fourth-order valence-corrected chi connectivity index (χ4v) is 2.03. The van der Waals surface area contributed by atoms with E-state index in [0.717, 1.165) is 29.8 Å². The van der Waals surface area contributed by atoms with Gasteiger partial charge in [-0.05, 0) is 25.6 Å². The van der Waals surface area contributed by atoms with Crippen LogP contribution in [0.25, 0.3) is 0 Å². The molecule has 2 rings (SSSR count). The minimum Gasteiger partial charge on any atom is -0.549 e. The summed E-state index contributed by atoms with van der Waals surface area (Å²) in [5, 5.41) is 0. The predicted octanol–water partition coefficient (Wildman–Crippen LogP) is 4.58. The normalized spacial score (nSPS) is 20.3. The Morgan fingerprint density at radius 1 is 1.29 bits per heavy atom. The van der Waals surface area contributed by atoms with Crippen LogP contribution >= 0.6 is 0 Å². The molecule has 1 aliphatic heterocycles. The van der Waals surface area contributed by atoms with E-state index in [9.17, 15) is 0 Å². The predicted molar refractivity (Wildman–Crippen MR) is 87.1 cm³/mol. The third-order valence-corrected chi connectivity index (χ3v) is 3.08. The van der Waals surface area contributed by atoms with Crippen molar-refractivity contribution >= 4 is 17.1 Å². The Morgan fingerprint density at radius 2 is 1.95 bits per heavy atom. The molecule has 0 aromatic heterocycles. The van der Waals surface area contributed by atoms with Gasteiger partial charge in [0.15, 0.2) is 0 Å². The average molecular weight is 446 g/mol. The van der Waals surface area contributed by atoms with E-state index in [2.05, 4.69) is 18.0 Å². The number of para-hydroxylation sites is 1. The van der Waals surface area contributed by atoms with Crippen molar-refractivity contribution in [1.29, 1.82) is 0 Å². The van der Waals surface area contributed by atoms with Crippen molar-refractivity contribution in [3.05, 3.63) is 36.4 Å². The molecule has 1 unspecified atom stereocenters. The molecule has 0 bridgehead atoms. The standard InChI is InChI=1S/C15H19N2O.C2H6.Yb/c1-11-10-13(8-9-18-11)17-15-7-5-4-6-14(15)12(2)16-3;1-2;/h4-7,9,11H,8,10H2,1-3H3;1-2H3;/q-1;;. The van der Waals surface area contributed by atoms with E-state index < -0.39 is 0 Å². The van der Waals surface area contributed by atoms with Gasteiger partial charge in [-0.2, -0.15) is 0 Å². The Bertz CT molecular complexity index is 483. The van der Waals surface area contributed by atoms with Crippen molar-refractivity contribution < 1.29 is 51.7 Å². The fourth-order valence-electron chi connectivity index (χ4n) is 2.03. The molecule has 1 heterocycles. The molecule has 1 atom stereocenters. The number of hydrogen-bond donors (Lipinski definition) is 0. The summed E-state index contributed by atoms with van der Waals surface area (Å²) in [6.45, 7) is 9.92. The van der Waals surface area contributed by atoms with Crippen molar-refractivity contribution in [3.63, 3.8) is 0 Å². The number of benzene rings is 1. The molecule has 4 heteroatoms. The molecule has 0 saturated carbocycles. The Balaban J connectivity index is 0.00000128. The summed E-state index contributed by atoms with van der Waals surface area (Å²) in [6, 6.07) is 8.13. The zero-order valence-electron chi connectivity index (χ0n) is 13.4. The van der Waals surface area contributed by atoms with Gasteiger partial charge >= 0.3 is 0 Å². The molecule has 1 saturated heterocycles. The molecule has 0 N–H and O–H groups in total. The second kappa shape index (κ2) is 11.6. The van der Waals surface area contributed by atoms with Crippen LogP contribution in [0, 0.1) is 53.5 Å². The van der Waals surface area contributed by atoms with E-state index in [1.54, 1.807) is 0 Å². The van der Waals surface area contributed by atoms with Crippen LogP contribution in [-0.4, -0.2) is 24.6 Å². The van der Waals surface area contributed by atoms with Crippen molar-refractivity contribution in [2.24, 2.45) is 9.98 Å². The van der Waals surface area contributed by atoms with Crippen LogP contribution in [-0.2, 0) is 4.74 Å².